The highest BCUT2D eigenvalue weighted by atomic mass is 19.1. The Hall–Kier alpha value is -2.90. The lowest BCUT2D eigenvalue weighted by molar-refractivity contribution is -0.116. The number of carbonyl (C=O) groups is 2. The van der Waals surface area contributed by atoms with Crippen molar-refractivity contribution < 1.29 is 23.8 Å². The van der Waals surface area contributed by atoms with Crippen LogP contribution in [0, 0.1) is 5.82 Å². The number of hydrogen-bond acceptors (Lipinski definition) is 4. The molecular weight excluding hydrogens is 305 g/mol. The molecule has 0 aliphatic rings. The molecule has 0 saturated heterocycles. The molecule has 1 amide bonds. The van der Waals surface area contributed by atoms with Crippen molar-refractivity contribution in [2.24, 2.45) is 7.05 Å². The van der Waals surface area contributed by atoms with Gasteiger partial charge in [0.25, 0.3) is 0 Å². The number of carboxylic acids is 1. The third-order valence-corrected chi connectivity index (χ3v) is 3.22. The summed E-state index contributed by atoms with van der Waals surface area (Å²) >= 11 is 0. The molecule has 0 atom stereocenters. The number of ether oxygens (including phenoxy) is 1. The summed E-state index contributed by atoms with van der Waals surface area (Å²) in [6, 6.07) is 5.77. The fourth-order valence-corrected chi connectivity index (χ4v) is 2.02. The van der Waals surface area contributed by atoms with Gasteiger partial charge < -0.3 is 15.2 Å². The van der Waals surface area contributed by atoms with Crippen LogP contribution >= 0.6 is 0 Å². The van der Waals surface area contributed by atoms with Crippen molar-refractivity contribution >= 4 is 17.7 Å². The highest BCUT2D eigenvalue weighted by Gasteiger charge is 2.13. The Morgan fingerprint density at radius 2 is 2.13 bits per heavy atom. The van der Waals surface area contributed by atoms with Crippen LogP contribution in [0.3, 0.4) is 0 Å². The van der Waals surface area contributed by atoms with E-state index in [4.69, 9.17) is 9.84 Å². The Bertz CT molecular complexity index is 742. The maximum atomic E-state index is 13.6. The molecular formula is C15H16FN3O4. The fourth-order valence-electron chi connectivity index (χ4n) is 2.02. The summed E-state index contributed by atoms with van der Waals surface area (Å²) in [5, 5.41) is 15.2. The predicted molar refractivity (Wildman–Crippen MR) is 80.1 cm³/mol. The second-order valence-corrected chi connectivity index (χ2v) is 4.86. The molecule has 122 valence electrons. The highest BCUT2D eigenvalue weighted by molar-refractivity contribution is 5.92. The largest absolute Gasteiger partial charge is 0.494 e. The predicted octanol–water partition coefficient (Wildman–Crippen LogP) is 1.84. The van der Waals surface area contributed by atoms with Gasteiger partial charge in [0.15, 0.2) is 17.3 Å². The van der Waals surface area contributed by atoms with Gasteiger partial charge in [0, 0.05) is 19.5 Å². The topological polar surface area (TPSA) is 93.4 Å². The number of benzene rings is 1. The number of hydrogen-bond donors (Lipinski definition) is 2. The zero-order valence-corrected chi connectivity index (χ0v) is 12.7. The van der Waals surface area contributed by atoms with Crippen molar-refractivity contribution in [2.45, 2.75) is 12.8 Å². The van der Waals surface area contributed by atoms with E-state index >= 15 is 0 Å². The Balaban J connectivity index is 1.95. The standard InChI is InChI=1S/C15H16FN3O4/c1-19-13(8-11(18-19)15(21)22)17-14(20)6-4-9-3-5-12(23-2)10(16)7-9/h3,5,7-8H,4,6H2,1-2H3,(H,17,20)(H,21,22). The van der Waals surface area contributed by atoms with Gasteiger partial charge in [-0.3, -0.25) is 9.48 Å². The van der Waals surface area contributed by atoms with Gasteiger partial charge in [-0.15, -0.1) is 0 Å². The number of aryl methyl sites for hydroxylation is 2. The number of nitrogens with one attached hydrogen (secondary N) is 1. The van der Waals surface area contributed by atoms with E-state index in [1.165, 1.54) is 37.0 Å². The van der Waals surface area contributed by atoms with Crippen LogP contribution in [0.2, 0.25) is 0 Å². The van der Waals surface area contributed by atoms with Crippen LogP contribution in [0.25, 0.3) is 0 Å². The van der Waals surface area contributed by atoms with Gasteiger partial charge in [-0.25, -0.2) is 9.18 Å². The van der Waals surface area contributed by atoms with E-state index in [-0.39, 0.29) is 29.6 Å². The first-order chi connectivity index (χ1) is 10.9. The van der Waals surface area contributed by atoms with Gasteiger partial charge in [-0.05, 0) is 24.1 Å². The van der Waals surface area contributed by atoms with E-state index in [0.29, 0.717) is 12.0 Å². The minimum absolute atomic E-state index is 0.124. The number of carboxylic acid groups (broad SMARTS) is 1. The normalized spacial score (nSPS) is 10.4. The lowest BCUT2D eigenvalue weighted by Crippen LogP contribution is -2.14. The molecule has 8 heteroatoms. The Labute approximate surface area is 131 Å². The lowest BCUT2D eigenvalue weighted by Gasteiger charge is -2.06. The minimum Gasteiger partial charge on any atom is -0.494 e. The van der Waals surface area contributed by atoms with Gasteiger partial charge in [-0.2, -0.15) is 5.10 Å². The third kappa shape index (κ3) is 4.06. The number of methoxy groups -OCH3 is 1. The fraction of sp³-hybridized carbons (Fsp3) is 0.267. The molecule has 0 bridgehead atoms. The zero-order chi connectivity index (χ0) is 17.0. The van der Waals surface area contributed by atoms with Gasteiger partial charge in [-0.1, -0.05) is 6.07 Å². The van der Waals surface area contributed by atoms with Gasteiger partial charge in [0.05, 0.1) is 7.11 Å². The molecule has 7 nitrogen and oxygen atoms in total. The molecule has 0 aliphatic carbocycles. The molecule has 0 fully saturated rings. The number of rotatable bonds is 6. The van der Waals surface area contributed by atoms with Gasteiger partial charge in [0.2, 0.25) is 5.91 Å². The second-order valence-electron chi connectivity index (χ2n) is 4.86. The van der Waals surface area contributed by atoms with Crippen LogP contribution in [-0.2, 0) is 18.3 Å². The lowest BCUT2D eigenvalue weighted by atomic mass is 10.1. The van der Waals surface area contributed by atoms with Gasteiger partial charge >= 0.3 is 5.97 Å². The highest BCUT2D eigenvalue weighted by Crippen LogP contribution is 2.18. The first-order valence-electron chi connectivity index (χ1n) is 6.80. The smallest absolute Gasteiger partial charge is 0.356 e. The van der Waals surface area contributed by atoms with E-state index in [9.17, 15) is 14.0 Å². The number of aromatic carboxylic acids is 1. The van der Waals surface area contributed by atoms with E-state index in [2.05, 4.69) is 10.4 Å². The van der Waals surface area contributed by atoms with Crippen LogP contribution in [0.15, 0.2) is 24.3 Å². The second kappa shape index (κ2) is 6.91. The summed E-state index contributed by atoms with van der Waals surface area (Å²) < 4.78 is 19.7. The van der Waals surface area contributed by atoms with Crippen LogP contribution in [-0.4, -0.2) is 33.9 Å². The van der Waals surface area contributed by atoms with Crippen LogP contribution in [0.1, 0.15) is 22.5 Å². The Kier molecular flexibility index (Phi) is 4.95. The van der Waals surface area contributed by atoms with Crippen molar-refractivity contribution in [3.8, 4) is 5.75 Å². The number of carbonyl (C=O) groups excluding carboxylic acids is 1. The number of halogens is 1. The van der Waals surface area contributed by atoms with Gasteiger partial charge in [0.1, 0.15) is 5.82 Å². The summed E-state index contributed by atoms with van der Waals surface area (Å²) in [6.45, 7) is 0. The first kappa shape index (κ1) is 16.5. The Morgan fingerprint density at radius 1 is 1.39 bits per heavy atom. The molecule has 2 rings (SSSR count). The van der Waals surface area contributed by atoms with Crippen molar-refractivity contribution in [3.63, 3.8) is 0 Å². The summed E-state index contributed by atoms with van der Waals surface area (Å²) in [4.78, 5) is 22.7. The molecule has 0 aliphatic heterocycles. The molecule has 2 aromatic rings. The molecule has 0 spiro atoms. The van der Waals surface area contributed by atoms with Crippen molar-refractivity contribution in [2.75, 3.05) is 12.4 Å². The van der Waals surface area contributed by atoms with Crippen LogP contribution in [0.4, 0.5) is 10.2 Å². The third-order valence-electron chi connectivity index (χ3n) is 3.22. The minimum atomic E-state index is -1.17. The molecule has 2 N–H and O–H groups in total. The summed E-state index contributed by atoms with van der Waals surface area (Å²) in [5.41, 5.74) is 0.509. The molecule has 23 heavy (non-hydrogen) atoms. The monoisotopic (exact) mass is 321 g/mol. The number of nitrogens with zero attached hydrogens (tertiary/aromatic N) is 2. The van der Waals surface area contributed by atoms with Crippen molar-refractivity contribution in [3.05, 3.63) is 41.3 Å². The molecule has 0 unspecified atom stereocenters. The van der Waals surface area contributed by atoms with Crippen LogP contribution < -0.4 is 10.1 Å². The van der Waals surface area contributed by atoms with E-state index < -0.39 is 11.8 Å². The van der Waals surface area contributed by atoms with Crippen LogP contribution in [0.5, 0.6) is 5.75 Å². The average molecular weight is 321 g/mol. The average Bonchev–Trinajstić information content (AvgIpc) is 2.87. The molecule has 0 saturated carbocycles. The Morgan fingerprint density at radius 3 is 2.70 bits per heavy atom. The maximum Gasteiger partial charge on any atom is 0.356 e. The van der Waals surface area contributed by atoms with Crippen molar-refractivity contribution in [1.29, 1.82) is 0 Å². The van der Waals surface area contributed by atoms with E-state index in [0.717, 1.165) is 0 Å². The molecule has 1 aromatic heterocycles. The summed E-state index contributed by atoms with van der Waals surface area (Å²) in [5.74, 6) is -1.54. The quantitative estimate of drug-likeness (QED) is 0.847. The van der Waals surface area contributed by atoms with E-state index in [1.54, 1.807) is 6.07 Å². The molecule has 1 heterocycles. The zero-order valence-electron chi connectivity index (χ0n) is 12.7. The SMILES string of the molecule is COc1ccc(CCC(=O)Nc2cc(C(=O)O)nn2C)cc1F. The van der Waals surface area contributed by atoms with E-state index in [1.807, 2.05) is 0 Å². The number of anilines is 1. The molecule has 0 radical (unpaired) electrons. The number of amides is 1. The maximum absolute atomic E-state index is 13.6. The summed E-state index contributed by atoms with van der Waals surface area (Å²) in [6.07, 6.45) is 0.468. The van der Waals surface area contributed by atoms with Crippen molar-refractivity contribution in [1.82, 2.24) is 9.78 Å². The number of aromatic nitrogens is 2. The summed E-state index contributed by atoms with van der Waals surface area (Å²) in [7, 11) is 2.91. The first-order valence-corrected chi connectivity index (χ1v) is 6.80. The molecule has 1 aromatic carbocycles.